The third kappa shape index (κ3) is 3.95. The summed E-state index contributed by atoms with van der Waals surface area (Å²) in [5.41, 5.74) is 0.860. The predicted molar refractivity (Wildman–Crippen MR) is 105 cm³/mol. The van der Waals surface area contributed by atoms with Crippen LogP contribution in [0.4, 0.5) is 0 Å². The van der Waals surface area contributed by atoms with Crippen molar-refractivity contribution < 1.29 is 13.2 Å². The van der Waals surface area contributed by atoms with Crippen molar-refractivity contribution in [1.82, 2.24) is 4.31 Å². The largest absolute Gasteiger partial charge is 0.490 e. The van der Waals surface area contributed by atoms with Crippen LogP contribution in [0.2, 0.25) is 0 Å². The SMILES string of the molecule is C=CCOc1cccc(CN(C)S(=O)(=O)c2ccc3ccccc3c2)c1. The minimum Gasteiger partial charge on any atom is -0.490 e. The highest BCUT2D eigenvalue weighted by atomic mass is 32.2. The van der Waals surface area contributed by atoms with Crippen LogP contribution >= 0.6 is 0 Å². The molecular weight excluding hydrogens is 346 g/mol. The summed E-state index contributed by atoms with van der Waals surface area (Å²) in [5, 5.41) is 1.92. The molecule has 0 aliphatic carbocycles. The van der Waals surface area contributed by atoms with Gasteiger partial charge in [0.15, 0.2) is 0 Å². The van der Waals surface area contributed by atoms with Crippen molar-refractivity contribution in [3.63, 3.8) is 0 Å². The number of benzene rings is 3. The molecule has 134 valence electrons. The minimum absolute atomic E-state index is 0.264. The molecule has 0 radical (unpaired) electrons. The lowest BCUT2D eigenvalue weighted by Crippen LogP contribution is -2.26. The van der Waals surface area contributed by atoms with Crippen LogP contribution in [0.3, 0.4) is 0 Å². The standard InChI is InChI=1S/C21H21NO3S/c1-3-13-25-20-10-6-7-17(14-20)16-22(2)26(23,24)21-12-11-18-8-4-5-9-19(18)15-21/h3-12,14-15H,1,13,16H2,2H3. The first-order valence-electron chi connectivity index (χ1n) is 8.28. The maximum atomic E-state index is 12.9. The van der Waals surface area contributed by atoms with Crippen molar-refractivity contribution in [3.8, 4) is 5.75 Å². The Morgan fingerprint density at radius 2 is 1.77 bits per heavy atom. The molecule has 0 aliphatic heterocycles. The fourth-order valence-corrected chi connectivity index (χ4v) is 3.93. The minimum atomic E-state index is -3.58. The van der Waals surface area contributed by atoms with Crippen LogP contribution < -0.4 is 4.74 Å². The molecule has 0 atom stereocenters. The van der Waals surface area contributed by atoms with E-state index in [9.17, 15) is 8.42 Å². The van der Waals surface area contributed by atoms with E-state index in [0.29, 0.717) is 12.4 Å². The summed E-state index contributed by atoms with van der Waals surface area (Å²) in [7, 11) is -2.00. The Hall–Kier alpha value is -2.63. The molecule has 0 aromatic heterocycles. The first kappa shape index (κ1) is 18.2. The van der Waals surface area contributed by atoms with Gasteiger partial charge in [0.25, 0.3) is 0 Å². The Labute approximate surface area is 154 Å². The summed E-state index contributed by atoms with van der Waals surface area (Å²) in [6, 6.07) is 20.3. The number of rotatable bonds is 7. The predicted octanol–water partition coefficient (Wildman–Crippen LogP) is 4.23. The molecule has 3 aromatic carbocycles. The van der Waals surface area contributed by atoms with Crippen molar-refractivity contribution in [3.05, 3.63) is 84.9 Å². The van der Waals surface area contributed by atoms with E-state index in [1.165, 1.54) is 4.31 Å². The van der Waals surface area contributed by atoms with E-state index < -0.39 is 10.0 Å². The van der Waals surface area contributed by atoms with Crippen LogP contribution in [0.5, 0.6) is 5.75 Å². The highest BCUT2D eigenvalue weighted by Crippen LogP contribution is 2.23. The summed E-state index contributed by atoms with van der Waals surface area (Å²) in [4.78, 5) is 0.290. The smallest absolute Gasteiger partial charge is 0.243 e. The second-order valence-electron chi connectivity index (χ2n) is 6.02. The molecule has 0 saturated heterocycles. The van der Waals surface area contributed by atoms with Gasteiger partial charge in [-0.1, -0.05) is 55.1 Å². The van der Waals surface area contributed by atoms with Crippen LogP contribution in [-0.2, 0) is 16.6 Å². The first-order chi connectivity index (χ1) is 12.5. The number of fused-ring (bicyclic) bond motifs is 1. The quantitative estimate of drug-likeness (QED) is 0.587. The van der Waals surface area contributed by atoms with Gasteiger partial charge < -0.3 is 4.74 Å². The zero-order valence-corrected chi connectivity index (χ0v) is 15.4. The molecule has 0 unspecified atom stereocenters. The lowest BCUT2D eigenvalue weighted by atomic mass is 10.1. The normalized spacial score (nSPS) is 11.6. The summed E-state index contributed by atoms with van der Waals surface area (Å²) >= 11 is 0. The molecule has 3 rings (SSSR count). The monoisotopic (exact) mass is 367 g/mol. The van der Waals surface area contributed by atoms with Crippen LogP contribution in [0.1, 0.15) is 5.56 Å². The van der Waals surface area contributed by atoms with E-state index in [0.717, 1.165) is 16.3 Å². The second kappa shape index (κ2) is 7.72. The Morgan fingerprint density at radius 1 is 1.00 bits per heavy atom. The van der Waals surface area contributed by atoms with Gasteiger partial charge in [0.05, 0.1) is 4.90 Å². The number of ether oxygens (including phenoxy) is 1. The molecule has 4 nitrogen and oxygen atoms in total. The van der Waals surface area contributed by atoms with Crippen LogP contribution in [0.15, 0.2) is 84.3 Å². The van der Waals surface area contributed by atoms with Gasteiger partial charge in [0, 0.05) is 13.6 Å². The van der Waals surface area contributed by atoms with Gasteiger partial charge in [-0.05, 0) is 40.6 Å². The Balaban J connectivity index is 1.83. The maximum Gasteiger partial charge on any atom is 0.243 e. The van der Waals surface area contributed by atoms with Crippen LogP contribution in [-0.4, -0.2) is 26.4 Å². The van der Waals surface area contributed by atoms with Crippen molar-refractivity contribution in [2.75, 3.05) is 13.7 Å². The van der Waals surface area contributed by atoms with Gasteiger partial charge in [-0.15, -0.1) is 0 Å². The second-order valence-corrected chi connectivity index (χ2v) is 8.06. The van der Waals surface area contributed by atoms with E-state index in [1.54, 1.807) is 25.3 Å². The van der Waals surface area contributed by atoms with Crippen LogP contribution in [0, 0.1) is 0 Å². The summed E-state index contributed by atoms with van der Waals surface area (Å²) in [6.45, 7) is 4.30. The molecule has 0 aliphatic rings. The van der Waals surface area contributed by atoms with Crippen molar-refractivity contribution in [2.24, 2.45) is 0 Å². The van der Waals surface area contributed by atoms with Crippen molar-refractivity contribution in [2.45, 2.75) is 11.4 Å². The lowest BCUT2D eigenvalue weighted by Gasteiger charge is -2.18. The third-order valence-corrected chi connectivity index (χ3v) is 5.90. The summed E-state index contributed by atoms with van der Waals surface area (Å²) < 4.78 is 32.7. The van der Waals surface area contributed by atoms with Crippen molar-refractivity contribution >= 4 is 20.8 Å². The first-order valence-corrected chi connectivity index (χ1v) is 9.72. The zero-order chi connectivity index (χ0) is 18.6. The van der Waals surface area contributed by atoms with Gasteiger partial charge >= 0.3 is 0 Å². The number of sulfonamides is 1. The lowest BCUT2D eigenvalue weighted by molar-refractivity contribution is 0.362. The highest BCUT2D eigenvalue weighted by molar-refractivity contribution is 7.89. The molecule has 0 bridgehead atoms. The zero-order valence-electron chi connectivity index (χ0n) is 14.6. The fourth-order valence-electron chi connectivity index (χ4n) is 2.74. The molecule has 0 saturated carbocycles. The van der Waals surface area contributed by atoms with E-state index in [4.69, 9.17) is 4.74 Å². The Bertz CT molecular complexity index is 1030. The topological polar surface area (TPSA) is 46.6 Å². The van der Waals surface area contributed by atoms with E-state index in [2.05, 4.69) is 6.58 Å². The molecule has 0 heterocycles. The van der Waals surface area contributed by atoms with Gasteiger partial charge in [0.2, 0.25) is 10.0 Å². The van der Waals surface area contributed by atoms with E-state index >= 15 is 0 Å². The average molecular weight is 367 g/mol. The number of hydrogen-bond acceptors (Lipinski definition) is 3. The van der Waals surface area contributed by atoms with Gasteiger partial charge in [-0.25, -0.2) is 8.42 Å². The van der Waals surface area contributed by atoms with E-state index in [1.807, 2.05) is 54.6 Å². The summed E-state index contributed by atoms with van der Waals surface area (Å²) in [6.07, 6.45) is 1.67. The van der Waals surface area contributed by atoms with Gasteiger partial charge in [-0.2, -0.15) is 4.31 Å². The van der Waals surface area contributed by atoms with Crippen LogP contribution in [0.25, 0.3) is 10.8 Å². The third-order valence-electron chi connectivity index (χ3n) is 4.10. The van der Waals surface area contributed by atoms with Gasteiger partial charge in [-0.3, -0.25) is 0 Å². The Morgan fingerprint density at radius 3 is 2.54 bits per heavy atom. The number of nitrogens with zero attached hydrogens (tertiary/aromatic N) is 1. The van der Waals surface area contributed by atoms with Crippen molar-refractivity contribution in [1.29, 1.82) is 0 Å². The molecule has 0 N–H and O–H groups in total. The molecule has 0 amide bonds. The molecule has 5 heteroatoms. The average Bonchev–Trinajstić information content (AvgIpc) is 2.66. The number of hydrogen-bond donors (Lipinski definition) is 0. The molecule has 3 aromatic rings. The highest BCUT2D eigenvalue weighted by Gasteiger charge is 2.21. The maximum absolute atomic E-state index is 12.9. The molecular formula is C21H21NO3S. The molecule has 0 fully saturated rings. The molecule has 0 spiro atoms. The van der Waals surface area contributed by atoms with E-state index in [-0.39, 0.29) is 11.4 Å². The van der Waals surface area contributed by atoms with Gasteiger partial charge in [0.1, 0.15) is 12.4 Å². The molecule has 26 heavy (non-hydrogen) atoms. The Kier molecular flexibility index (Phi) is 5.40. The summed E-state index contributed by atoms with van der Waals surface area (Å²) in [5.74, 6) is 0.693. The fraction of sp³-hybridized carbons (Fsp3) is 0.143.